The van der Waals surface area contributed by atoms with Gasteiger partial charge in [-0.05, 0) is 38.6 Å². The van der Waals surface area contributed by atoms with Gasteiger partial charge in [0.1, 0.15) is 0 Å². The van der Waals surface area contributed by atoms with E-state index in [9.17, 15) is 0 Å². The van der Waals surface area contributed by atoms with Crippen LogP contribution in [0.5, 0.6) is 0 Å². The Hall–Kier alpha value is 0.170. The van der Waals surface area contributed by atoms with Crippen LogP contribution in [0, 0.1) is 0 Å². The van der Waals surface area contributed by atoms with Gasteiger partial charge in [0.2, 0.25) is 0 Å². The molecule has 0 bridgehead atoms. The van der Waals surface area contributed by atoms with Crippen molar-refractivity contribution in [1.82, 2.24) is 5.32 Å². The quantitative estimate of drug-likeness (QED) is 0.572. The topological polar surface area (TPSA) is 30.5 Å². The molecule has 1 spiro atoms. The van der Waals surface area contributed by atoms with Gasteiger partial charge in [0.05, 0.1) is 23.7 Å². The largest absolute Gasteiger partial charge is 0.383 e. The van der Waals surface area contributed by atoms with Gasteiger partial charge in [-0.2, -0.15) is 0 Å². The van der Waals surface area contributed by atoms with Crippen molar-refractivity contribution in [2.75, 3.05) is 26.8 Å². The molecule has 1 aliphatic carbocycles. The van der Waals surface area contributed by atoms with Crippen LogP contribution in [-0.4, -0.2) is 43.9 Å². The molecular weight excluding hydrogens is 250 g/mol. The van der Waals surface area contributed by atoms with E-state index in [2.05, 4.69) is 5.32 Å². The van der Waals surface area contributed by atoms with E-state index in [1.54, 1.807) is 7.11 Å². The third-order valence-corrected chi connectivity index (χ3v) is 4.55. The first-order valence-corrected chi connectivity index (χ1v) is 7.69. The van der Waals surface area contributed by atoms with Crippen LogP contribution in [0.15, 0.2) is 0 Å². The van der Waals surface area contributed by atoms with Crippen molar-refractivity contribution in [2.24, 2.45) is 0 Å². The molecule has 18 heavy (non-hydrogen) atoms. The Morgan fingerprint density at radius 1 is 1.39 bits per heavy atom. The Bertz CT molecular complexity index is 244. The monoisotopic (exact) mass is 275 g/mol. The molecule has 2 aliphatic rings. The minimum Gasteiger partial charge on any atom is -0.383 e. The van der Waals surface area contributed by atoms with E-state index in [1.807, 2.05) is 0 Å². The summed E-state index contributed by atoms with van der Waals surface area (Å²) in [7, 11) is 1.69. The number of alkyl halides is 1. The first-order chi connectivity index (χ1) is 8.74. The fourth-order valence-electron chi connectivity index (χ4n) is 3.21. The predicted molar refractivity (Wildman–Crippen MR) is 74.3 cm³/mol. The van der Waals surface area contributed by atoms with Gasteiger partial charge in [-0.1, -0.05) is 12.8 Å². The van der Waals surface area contributed by atoms with Gasteiger partial charge in [0.15, 0.2) is 0 Å². The van der Waals surface area contributed by atoms with Crippen molar-refractivity contribution in [3.63, 3.8) is 0 Å². The van der Waals surface area contributed by atoms with Crippen LogP contribution in [0.25, 0.3) is 0 Å². The lowest BCUT2D eigenvalue weighted by Gasteiger charge is -2.24. The van der Waals surface area contributed by atoms with Gasteiger partial charge in [-0.25, -0.2) is 0 Å². The highest BCUT2D eigenvalue weighted by Crippen LogP contribution is 2.43. The lowest BCUT2D eigenvalue weighted by molar-refractivity contribution is -0.0350. The summed E-state index contributed by atoms with van der Waals surface area (Å²) in [5.74, 6) is 0. The van der Waals surface area contributed by atoms with Gasteiger partial charge in [-0.15, -0.1) is 11.6 Å². The Labute approximate surface area is 116 Å². The molecule has 0 radical (unpaired) electrons. The predicted octanol–water partition coefficient (Wildman–Crippen LogP) is 2.71. The summed E-state index contributed by atoms with van der Waals surface area (Å²) in [5, 5.41) is 3.58. The summed E-state index contributed by atoms with van der Waals surface area (Å²) in [6.45, 7) is 2.55. The molecule has 1 N–H and O–H groups in total. The van der Waals surface area contributed by atoms with E-state index in [-0.39, 0.29) is 11.0 Å². The Balaban J connectivity index is 1.55. The van der Waals surface area contributed by atoms with Crippen LogP contribution in [0.4, 0.5) is 0 Å². The van der Waals surface area contributed by atoms with Crippen LogP contribution >= 0.6 is 11.6 Å². The third-order valence-electron chi connectivity index (χ3n) is 4.21. The second kappa shape index (κ2) is 7.09. The van der Waals surface area contributed by atoms with Crippen LogP contribution in [0.1, 0.15) is 44.9 Å². The molecule has 0 aromatic heterocycles. The van der Waals surface area contributed by atoms with Crippen LogP contribution < -0.4 is 5.32 Å². The van der Waals surface area contributed by atoms with E-state index >= 15 is 0 Å². The molecule has 106 valence electrons. The Morgan fingerprint density at radius 3 is 2.89 bits per heavy atom. The zero-order valence-electron chi connectivity index (χ0n) is 11.4. The minimum absolute atomic E-state index is 0.119. The molecule has 2 fully saturated rings. The Morgan fingerprint density at radius 2 is 2.17 bits per heavy atom. The smallest absolute Gasteiger partial charge is 0.0708 e. The maximum absolute atomic E-state index is 6.24. The first kappa shape index (κ1) is 14.6. The average molecular weight is 276 g/mol. The SMILES string of the molecule is COCC(Cl)CCNCC1CCC2(CCCC2)O1. The summed E-state index contributed by atoms with van der Waals surface area (Å²) >= 11 is 6.08. The van der Waals surface area contributed by atoms with Gasteiger partial charge in [0.25, 0.3) is 0 Å². The third kappa shape index (κ3) is 4.09. The zero-order valence-corrected chi connectivity index (χ0v) is 12.2. The highest BCUT2D eigenvalue weighted by molar-refractivity contribution is 6.20. The van der Waals surface area contributed by atoms with E-state index in [0.29, 0.717) is 12.7 Å². The van der Waals surface area contributed by atoms with Crippen molar-refractivity contribution in [3.8, 4) is 0 Å². The van der Waals surface area contributed by atoms with Crippen LogP contribution in [-0.2, 0) is 9.47 Å². The summed E-state index contributed by atoms with van der Waals surface area (Å²) < 4.78 is 11.3. The fraction of sp³-hybridized carbons (Fsp3) is 1.00. The maximum atomic E-state index is 6.24. The number of ether oxygens (including phenoxy) is 2. The van der Waals surface area contributed by atoms with Crippen molar-refractivity contribution in [3.05, 3.63) is 0 Å². The average Bonchev–Trinajstić information content (AvgIpc) is 2.97. The molecule has 1 heterocycles. The summed E-state index contributed by atoms with van der Waals surface area (Å²) in [6.07, 6.45) is 9.11. The number of halogens is 1. The second-order valence-electron chi connectivity index (χ2n) is 5.71. The first-order valence-electron chi connectivity index (χ1n) is 7.26. The molecular formula is C14H26ClNO2. The van der Waals surface area contributed by atoms with E-state index < -0.39 is 0 Å². The molecule has 1 saturated carbocycles. The lowest BCUT2D eigenvalue weighted by atomic mass is 9.98. The van der Waals surface area contributed by atoms with Crippen molar-refractivity contribution in [1.29, 1.82) is 0 Å². The van der Waals surface area contributed by atoms with Gasteiger partial charge >= 0.3 is 0 Å². The van der Waals surface area contributed by atoms with Gasteiger partial charge in [0, 0.05) is 13.7 Å². The summed E-state index contributed by atoms with van der Waals surface area (Å²) in [4.78, 5) is 0. The van der Waals surface area contributed by atoms with Crippen LogP contribution in [0.3, 0.4) is 0 Å². The molecule has 2 unspecified atom stereocenters. The lowest BCUT2D eigenvalue weighted by Crippen LogP contribution is -2.32. The Kier molecular flexibility index (Phi) is 5.74. The van der Waals surface area contributed by atoms with Crippen molar-refractivity contribution >= 4 is 11.6 Å². The fourth-order valence-corrected chi connectivity index (χ4v) is 3.45. The van der Waals surface area contributed by atoms with Gasteiger partial charge < -0.3 is 14.8 Å². The maximum Gasteiger partial charge on any atom is 0.0708 e. The highest BCUT2D eigenvalue weighted by atomic mass is 35.5. The zero-order chi connectivity index (χ0) is 12.8. The van der Waals surface area contributed by atoms with Crippen molar-refractivity contribution in [2.45, 2.75) is 62.0 Å². The number of hydrogen-bond donors (Lipinski definition) is 1. The van der Waals surface area contributed by atoms with Crippen LogP contribution in [0.2, 0.25) is 0 Å². The minimum atomic E-state index is 0.119. The molecule has 1 saturated heterocycles. The second-order valence-corrected chi connectivity index (χ2v) is 6.33. The molecule has 0 aromatic carbocycles. The summed E-state index contributed by atoms with van der Waals surface area (Å²) in [5.41, 5.74) is 0.261. The number of hydrogen-bond acceptors (Lipinski definition) is 3. The standard InChI is InChI=1S/C14H26ClNO2/c1-17-11-12(15)5-9-16-10-13-4-8-14(18-13)6-2-3-7-14/h12-13,16H,2-11H2,1H3. The van der Waals surface area contributed by atoms with Crippen molar-refractivity contribution < 1.29 is 9.47 Å². The molecule has 0 amide bonds. The molecule has 2 rings (SSSR count). The van der Waals surface area contributed by atoms with E-state index in [4.69, 9.17) is 21.1 Å². The number of rotatable bonds is 7. The van der Waals surface area contributed by atoms with Gasteiger partial charge in [-0.3, -0.25) is 0 Å². The molecule has 1 aliphatic heterocycles. The molecule has 4 heteroatoms. The normalized spacial score (nSPS) is 28.0. The molecule has 3 nitrogen and oxygen atoms in total. The molecule has 0 aromatic rings. The summed E-state index contributed by atoms with van der Waals surface area (Å²) in [6, 6.07) is 0. The van der Waals surface area contributed by atoms with E-state index in [0.717, 1.165) is 19.5 Å². The molecule has 2 atom stereocenters. The van der Waals surface area contributed by atoms with E-state index in [1.165, 1.54) is 38.5 Å². The highest BCUT2D eigenvalue weighted by Gasteiger charge is 2.41. The number of nitrogens with one attached hydrogen (secondary N) is 1. The number of methoxy groups -OCH3 is 1.